The topological polar surface area (TPSA) is 153 Å². The van der Waals surface area contributed by atoms with Gasteiger partial charge in [-0.25, -0.2) is 0 Å². The van der Waals surface area contributed by atoms with Crippen LogP contribution < -0.4 is 16.2 Å². The lowest BCUT2D eigenvalue weighted by Crippen LogP contribution is -2.45. The number of aliphatic carboxylic acids is 3. The largest absolute Gasteiger partial charge is 0.544 e. The number of likely N-dealkylation sites (N-methyl/N-ethyl adjacent to an activating group) is 1. The Kier molecular flexibility index (Phi) is 11.3. The molecule has 21 heavy (non-hydrogen) atoms. The lowest BCUT2D eigenvalue weighted by molar-refractivity contribution is -0.864. The van der Waals surface area contributed by atoms with Crippen molar-refractivity contribution in [1.82, 2.24) is 5.32 Å². The number of carbonyl (C=O) groups is 3. The number of nitrogens with two attached hydrogens (primary N) is 1. The smallest absolute Gasteiger partial charge is 0.320 e. The van der Waals surface area contributed by atoms with Crippen molar-refractivity contribution in [3.8, 4) is 0 Å². The Bertz CT molecular complexity index is 334. The van der Waals surface area contributed by atoms with E-state index < -0.39 is 17.9 Å². The fourth-order valence-electron chi connectivity index (χ4n) is 1.28. The molecular weight excluding hydrogens is 282 g/mol. The third-order valence-corrected chi connectivity index (χ3v) is 2.14. The summed E-state index contributed by atoms with van der Waals surface area (Å²) in [4.78, 5) is 29.3. The van der Waals surface area contributed by atoms with Crippen LogP contribution in [0.15, 0.2) is 0 Å². The van der Waals surface area contributed by atoms with Crippen LogP contribution in [0.4, 0.5) is 0 Å². The summed E-state index contributed by atoms with van der Waals surface area (Å²) in [5, 5.41) is 28.7. The maximum absolute atomic E-state index is 10.1. The molecule has 9 heteroatoms. The predicted molar refractivity (Wildman–Crippen MR) is 73.3 cm³/mol. The van der Waals surface area contributed by atoms with E-state index in [1.54, 1.807) is 21.1 Å². The molecule has 124 valence electrons. The van der Waals surface area contributed by atoms with Gasteiger partial charge in [-0.3, -0.25) is 9.59 Å². The van der Waals surface area contributed by atoms with Gasteiger partial charge >= 0.3 is 11.9 Å². The Hall–Kier alpha value is -1.71. The zero-order valence-electron chi connectivity index (χ0n) is 12.7. The van der Waals surface area contributed by atoms with Crippen molar-refractivity contribution in [2.75, 3.05) is 40.8 Å². The normalized spacial score (nSPS) is 16.9. The molecule has 1 saturated heterocycles. The summed E-state index contributed by atoms with van der Waals surface area (Å²) in [7, 11) is 5.40. The maximum Gasteiger partial charge on any atom is 0.320 e. The number of carboxylic acid groups (broad SMARTS) is 3. The molecule has 1 rings (SSSR count). The maximum atomic E-state index is 10.1. The van der Waals surface area contributed by atoms with Crippen LogP contribution in [-0.2, 0) is 14.4 Å². The van der Waals surface area contributed by atoms with Gasteiger partial charge < -0.3 is 35.6 Å². The van der Waals surface area contributed by atoms with Crippen LogP contribution in [0.2, 0.25) is 0 Å². The first-order valence-corrected chi connectivity index (χ1v) is 6.38. The Morgan fingerprint density at radius 3 is 1.86 bits per heavy atom. The molecule has 0 aliphatic carbocycles. The highest BCUT2D eigenvalue weighted by Crippen LogP contribution is 2.03. The van der Waals surface area contributed by atoms with Crippen LogP contribution >= 0.6 is 0 Å². The highest BCUT2D eigenvalue weighted by Gasteiger charge is 2.20. The van der Waals surface area contributed by atoms with Gasteiger partial charge in [0, 0.05) is 0 Å². The molecule has 1 atom stereocenters. The first-order chi connectivity index (χ1) is 9.49. The van der Waals surface area contributed by atoms with E-state index in [4.69, 9.17) is 10.2 Å². The number of carboxylic acids is 3. The molecule has 0 bridgehead atoms. The molecule has 1 fully saturated rings. The molecule has 0 aromatic rings. The van der Waals surface area contributed by atoms with Gasteiger partial charge in [0.05, 0.1) is 33.7 Å². The number of hydrogen-bond acceptors (Lipinski definition) is 6. The first kappa shape index (κ1) is 21.6. The van der Waals surface area contributed by atoms with Crippen molar-refractivity contribution in [2.45, 2.75) is 18.9 Å². The second kappa shape index (κ2) is 11.0. The van der Waals surface area contributed by atoms with Gasteiger partial charge in [-0.05, 0) is 19.4 Å². The summed E-state index contributed by atoms with van der Waals surface area (Å²) in [6, 6.07) is -0.269. The van der Waals surface area contributed by atoms with E-state index in [9.17, 15) is 19.5 Å². The van der Waals surface area contributed by atoms with E-state index >= 15 is 0 Å². The molecule has 0 aromatic carbocycles. The van der Waals surface area contributed by atoms with Crippen molar-refractivity contribution < 1.29 is 34.2 Å². The molecule has 1 aliphatic heterocycles. The Morgan fingerprint density at radius 1 is 1.29 bits per heavy atom. The van der Waals surface area contributed by atoms with Gasteiger partial charge in [0.25, 0.3) is 0 Å². The molecule has 1 aliphatic rings. The second-order valence-corrected chi connectivity index (χ2v) is 5.41. The SMILES string of the molecule is C[N+](C)(C)CC(=O)[O-].NCC(=O)O.O=C(O)[C@@H]1CCCN1. The van der Waals surface area contributed by atoms with E-state index in [2.05, 4.69) is 11.1 Å². The molecule has 0 spiro atoms. The van der Waals surface area contributed by atoms with E-state index in [0.717, 1.165) is 19.4 Å². The molecule has 0 unspecified atom stereocenters. The Balaban J connectivity index is 0. The molecule has 1 heterocycles. The second-order valence-electron chi connectivity index (χ2n) is 5.41. The van der Waals surface area contributed by atoms with Gasteiger partial charge in [0.1, 0.15) is 12.6 Å². The number of hydrogen-bond donors (Lipinski definition) is 4. The van der Waals surface area contributed by atoms with Crippen molar-refractivity contribution in [3.63, 3.8) is 0 Å². The number of nitrogens with one attached hydrogen (secondary N) is 1. The van der Waals surface area contributed by atoms with Crippen molar-refractivity contribution in [2.24, 2.45) is 5.73 Å². The quantitative estimate of drug-likeness (QED) is 0.409. The Labute approximate surface area is 123 Å². The Morgan fingerprint density at radius 2 is 1.76 bits per heavy atom. The lowest BCUT2D eigenvalue weighted by Gasteiger charge is -2.23. The van der Waals surface area contributed by atoms with Crippen molar-refractivity contribution in [1.29, 1.82) is 0 Å². The minimum atomic E-state index is -1.00. The summed E-state index contributed by atoms with van der Waals surface area (Å²) >= 11 is 0. The lowest BCUT2D eigenvalue weighted by atomic mass is 10.2. The molecule has 0 radical (unpaired) electrons. The molecule has 0 saturated carbocycles. The highest BCUT2D eigenvalue weighted by atomic mass is 16.4. The third kappa shape index (κ3) is 18.3. The predicted octanol–water partition coefficient (Wildman–Crippen LogP) is -2.70. The monoisotopic (exact) mass is 307 g/mol. The zero-order valence-corrected chi connectivity index (χ0v) is 12.7. The van der Waals surface area contributed by atoms with E-state index in [1.165, 1.54) is 0 Å². The fourth-order valence-corrected chi connectivity index (χ4v) is 1.28. The summed E-state index contributed by atoms with van der Waals surface area (Å²) in [6.45, 7) is 0.650. The summed E-state index contributed by atoms with van der Waals surface area (Å²) < 4.78 is 0.419. The van der Waals surface area contributed by atoms with Crippen LogP contribution in [0.5, 0.6) is 0 Å². The number of carbonyl (C=O) groups excluding carboxylic acids is 1. The average molecular weight is 307 g/mol. The van der Waals surface area contributed by atoms with E-state index in [-0.39, 0.29) is 19.1 Å². The van der Waals surface area contributed by atoms with Crippen LogP contribution in [0.25, 0.3) is 0 Å². The number of quaternary nitrogens is 1. The molecule has 0 aromatic heterocycles. The third-order valence-electron chi connectivity index (χ3n) is 2.14. The van der Waals surface area contributed by atoms with Gasteiger partial charge in [0.2, 0.25) is 0 Å². The first-order valence-electron chi connectivity index (χ1n) is 6.38. The van der Waals surface area contributed by atoms with Crippen LogP contribution in [0.3, 0.4) is 0 Å². The minimum Gasteiger partial charge on any atom is -0.544 e. The van der Waals surface area contributed by atoms with E-state index in [0.29, 0.717) is 4.48 Å². The van der Waals surface area contributed by atoms with Crippen LogP contribution in [0.1, 0.15) is 12.8 Å². The molecular formula is C12H25N3O6. The standard InChI is InChI=1S/C5H9NO2.C5H11NO2.C2H5NO2/c7-5(8)4-2-1-3-6-4;1-6(2,3)4-5(7)8;3-1-2(4)5/h4,6H,1-3H2,(H,7,8);4H2,1-3H3;1,3H2,(H,4,5)/t4-;;/m0../s1. The van der Waals surface area contributed by atoms with Gasteiger partial charge in [-0.2, -0.15) is 0 Å². The number of nitrogens with zero attached hydrogens (tertiary/aromatic N) is 1. The molecule has 5 N–H and O–H groups in total. The average Bonchev–Trinajstić information content (AvgIpc) is 2.80. The van der Waals surface area contributed by atoms with Gasteiger partial charge in [-0.1, -0.05) is 0 Å². The summed E-state index contributed by atoms with van der Waals surface area (Å²) in [5.74, 6) is -2.69. The fraction of sp³-hybridized carbons (Fsp3) is 0.750. The summed E-state index contributed by atoms with van der Waals surface area (Å²) in [5.41, 5.74) is 4.57. The molecule has 9 nitrogen and oxygen atoms in total. The zero-order chi connectivity index (χ0) is 17.1. The highest BCUT2D eigenvalue weighted by molar-refractivity contribution is 5.73. The van der Waals surface area contributed by atoms with Crippen LogP contribution in [-0.4, -0.2) is 79.4 Å². The summed E-state index contributed by atoms with van der Waals surface area (Å²) in [6.07, 6.45) is 1.78. The number of rotatable bonds is 4. The van der Waals surface area contributed by atoms with Gasteiger partial charge in [0.15, 0.2) is 0 Å². The van der Waals surface area contributed by atoms with Crippen LogP contribution in [0, 0.1) is 0 Å². The van der Waals surface area contributed by atoms with Crippen molar-refractivity contribution in [3.05, 3.63) is 0 Å². The van der Waals surface area contributed by atoms with Gasteiger partial charge in [-0.15, -0.1) is 0 Å². The minimum absolute atomic E-state index is 0.0694. The molecule has 0 amide bonds. The van der Waals surface area contributed by atoms with Crippen molar-refractivity contribution >= 4 is 17.9 Å². The van der Waals surface area contributed by atoms with E-state index in [1.807, 2.05) is 0 Å².